The molecule has 1 fully saturated rings. The van der Waals surface area contributed by atoms with Gasteiger partial charge in [-0.15, -0.1) is 0 Å². The number of carbonyl (C=O) groups is 2. The predicted octanol–water partition coefficient (Wildman–Crippen LogP) is 4.96. The molecule has 1 saturated heterocycles. The third kappa shape index (κ3) is 2.73. The highest BCUT2D eigenvalue weighted by atomic mass is 35.5. The number of fused-ring (bicyclic) bond motifs is 2. The molecule has 0 saturated carbocycles. The molecule has 2 aliphatic heterocycles. The van der Waals surface area contributed by atoms with Gasteiger partial charge in [-0.05, 0) is 29.3 Å². The Kier molecular flexibility index (Phi) is 4.59. The Labute approximate surface area is 184 Å². The van der Waals surface area contributed by atoms with Crippen LogP contribution < -0.4 is 10.6 Å². The molecule has 4 atom stereocenters. The Bertz CT molecular complexity index is 1180. The first-order chi connectivity index (χ1) is 15.0. The fourth-order valence-electron chi connectivity index (χ4n) is 5.29. The maximum Gasteiger partial charge on any atom is 0.238 e. The molecule has 0 aromatic heterocycles. The van der Waals surface area contributed by atoms with Crippen LogP contribution >= 0.6 is 11.6 Å². The highest BCUT2D eigenvalue weighted by Gasteiger charge is 2.63. The summed E-state index contributed by atoms with van der Waals surface area (Å²) in [4.78, 5) is 27.0. The van der Waals surface area contributed by atoms with E-state index in [2.05, 4.69) is 10.6 Å². The second-order valence-corrected chi connectivity index (χ2v) is 8.53. The predicted molar refractivity (Wildman–Crippen MR) is 117 cm³/mol. The number of rotatable bonds is 2. The van der Waals surface area contributed by atoms with Crippen molar-refractivity contribution in [1.82, 2.24) is 5.32 Å². The number of para-hydroxylation sites is 1. The molecule has 2 amide bonds. The summed E-state index contributed by atoms with van der Waals surface area (Å²) in [5.41, 5.74) is 1.09. The number of hydrogen-bond acceptors (Lipinski definition) is 2. The Balaban J connectivity index is 1.88. The zero-order chi connectivity index (χ0) is 21.8. The molecule has 2 heterocycles. The van der Waals surface area contributed by atoms with Gasteiger partial charge in [-0.2, -0.15) is 0 Å². The van der Waals surface area contributed by atoms with Crippen LogP contribution in [0.15, 0.2) is 72.8 Å². The Morgan fingerprint density at radius 2 is 1.65 bits per heavy atom. The number of amides is 2. The SMILES string of the molecule is C[C@@H]1C(=O)N[C@H](c2ccccc2)[C@@]2(C(=O)Nc3ccccc32)[C@@H]1c1c(F)cccc1Cl. The van der Waals surface area contributed by atoms with Crippen LogP contribution in [0, 0.1) is 11.7 Å². The third-order valence-corrected chi connectivity index (χ3v) is 6.92. The van der Waals surface area contributed by atoms with Crippen molar-refractivity contribution in [2.24, 2.45) is 5.92 Å². The molecule has 3 aromatic rings. The Morgan fingerprint density at radius 1 is 0.935 bits per heavy atom. The molecule has 2 aliphatic rings. The number of nitrogens with one attached hydrogen (secondary N) is 2. The summed E-state index contributed by atoms with van der Waals surface area (Å²) in [6, 6.07) is 20.5. The normalized spacial score (nSPS) is 27.0. The molecule has 0 unspecified atom stereocenters. The maximum absolute atomic E-state index is 15.3. The minimum atomic E-state index is -1.27. The highest BCUT2D eigenvalue weighted by molar-refractivity contribution is 6.31. The molecular weight excluding hydrogens is 415 g/mol. The topological polar surface area (TPSA) is 58.2 Å². The molecule has 5 rings (SSSR count). The molecule has 6 heteroatoms. The van der Waals surface area contributed by atoms with Gasteiger partial charge < -0.3 is 10.6 Å². The Morgan fingerprint density at radius 3 is 2.39 bits per heavy atom. The number of hydrogen-bond donors (Lipinski definition) is 2. The average molecular weight is 435 g/mol. The van der Waals surface area contributed by atoms with Crippen LogP contribution in [0.4, 0.5) is 10.1 Å². The van der Waals surface area contributed by atoms with Crippen LogP contribution in [0.25, 0.3) is 0 Å². The van der Waals surface area contributed by atoms with Crippen LogP contribution in [-0.2, 0) is 15.0 Å². The van der Waals surface area contributed by atoms with Gasteiger partial charge in [0.2, 0.25) is 11.8 Å². The molecule has 2 N–H and O–H groups in total. The van der Waals surface area contributed by atoms with E-state index in [0.29, 0.717) is 5.69 Å². The lowest BCUT2D eigenvalue weighted by Crippen LogP contribution is -2.60. The molecule has 0 bridgehead atoms. The van der Waals surface area contributed by atoms with Gasteiger partial charge in [0.05, 0.1) is 6.04 Å². The van der Waals surface area contributed by atoms with E-state index in [0.717, 1.165) is 11.1 Å². The third-order valence-electron chi connectivity index (χ3n) is 6.59. The summed E-state index contributed by atoms with van der Waals surface area (Å²) in [6.07, 6.45) is 0. The molecule has 31 heavy (non-hydrogen) atoms. The van der Waals surface area contributed by atoms with E-state index in [1.807, 2.05) is 54.6 Å². The maximum atomic E-state index is 15.3. The summed E-state index contributed by atoms with van der Waals surface area (Å²) in [7, 11) is 0. The Hall–Kier alpha value is -3.18. The number of carbonyl (C=O) groups excluding carboxylic acids is 2. The van der Waals surface area contributed by atoms with Crippen molar-refractivity contribution < 1.29 is 14.0 Å². The van der Waals surface area contributed by atoms with Crippen LogP contribution in [0.1, 0.15) is 35.6 Å². The number of piperidine rings is 1. The van der Waals surface area contributed by atoms with Crippen molar-refractivity contribution in [3.8, 4) is 0 Å². The fourth-order valence-corrected chi connectivity index (χ4v) is 5.57. The zero-order valence-electron chi connectivity index (χ0n) is 16.7. The van der Waals surface area contributed by atoms with Gasteiger partial charge >= 0.3 is 0 Å². The molecule has 0 radical (unpaired) electrons. The molecule has 156 valence electrons. The van der Waals surface area contributed by atoms with Crippen LogP contribution in [0.3, 0.4) is 0 Å². The largest absolute Gasteiger partial charge is 0.348 e. The molecular formula is C25H20ClFN2O2. The summed E-state index contributed by atoms with van der Waals surface area (Å²) in [6.45, 7) is 1.72. The average Bonchev–Trinajstić information content (AvgIpc) is 3.06. The van der Waals surface area contributed by atoms with Gasteiger partial charge in [0, 0.05) is 28.1 Å². The van der Waals surface area contributed by atoms with Gasteiger partial charge in [0.25, 0.3) is 0 Å². The van der Waals surface area contributed by atoms with Crippen LogP contribution in [-0.4, -0.2) is 11.8 Å². The van der Waals surface area contributed by atoms with E-state index < -0.39 is 29.1 Å². The van der Waals surface area contributed by atoms with E-state index in [9.17, 15) is 9.59 Å². The zero-order valence-corrected chi connectivity index (χ0v) is 17.5. The van der Waals surface area contributed by atoms with Crippen LogP contribution in [0.5, 0.6) is 0 Å². The van der Waals surface area contributed by atoms with E-state index >= 15 is 4.39 Å². The lowest BCUT2D eigenvalue weighted by atomic mass is 9.56. The van der Waals surface area contributed by atoms with Gasteiger partial charge in [0.15, 0.2) is 0 Å². The molecule has 0 aliphatic carbocycles. The fraction of sp³-hybridized carbons (Fsp3) is 0.200. The first kappa shape index (κ1) is 19.8. The van der Waals surface area contributed by atoms with E-state index in [1.165, 1.54) is 12.1 Å². The van der Waals surface area contributed by atoms with Crippen molar-refractivity contribution >= 4 is 29.1 Å². The van der Waals surface area contributed by atoms with Crippen molar-refractivity contribution in [3.63, 3.8) is 0 Å². The van der Waals surface area contributed by atoms with E-state index in [1.54, 1.807) is 13.0 Å². The lowest BCUT2D eigenvalue weighted by molar-refractivity contribution is -0.135. The smallest absolute Gasteiger partial charge is 0.238 e. The first-order valence-electron chi connectivity index (χ1n) is 10.2. The van der Waals surface area contributed by atoms with Gasteiger partial charge in [-0.3, -0.25) is 9.59 Å². The van der Waals surface area contributed by atoms with Crippen molar-refractivity contribution in [2.45, 2.75) is 24.3 Å². The van der Waals surface area contributed by atoms with E-state index in [4.69, 9.17) is 11.6 Å². The summed E-state index contributed by atoms with van der Waals surface area (Å²) >= 11 is 6.50. The number of benzene rings is 3. The first-order valence-corrected chi connectivity index (χ1v) is 10.5. The summed E-state index contributed by atoms with van der Waals surface area (Å²) < 4.78 is 15.3. The minimum absolute atomic E-state index is 0.194. The van der Waals surface area contributed by atoms with Crippen molar-refractivity contribution in [1.29, 1.82) is 0 Å². The van der Waals surface area contributed by atoms with Crippen molar-refractivity contribution in [3.05, 3.63) is 100 Å². The van der Waals surface area contributed by atoms with Crippen LogP contribution in [0.2, 0.25) is 5.02 Å². The van der Waals surface area contributed by atoms with Gasteiger partial charge in [0.1, 0.15) is 11.2 Å². The summed E-state index contributed by atoms with van der Waals surface area (Å²) in [5, 5.41) is 6.24. The second kappa shape index (κ2) is 7.20. The van der Waals surface area contributed by atoms with Crippen molar-refractivity contribution in [2.75, 3.05) is 5.32 Å². The lowest BCUT2D eigenvalue weighted by Gasteiger charge is -2.49. The quantitative estimate of drug-likeness (QED) is 0.599. The minimum Gasteiger partial charge on any atom is -0.348 e. The molecule has 1 spiro atoms. The molecule has 4 nitrogen and oxygen atoms in total. The number of halogens is 2. The van der Waals surface area contributed by atoms with Gasteiger partial charge in [-0.25, -0.2) is 4.39 Å². The second-order valence-electron chi connectivity index (χ2n) is 8.12. The standard InChI is InChI=1S/C25H20ClFN2O2/c1-14-21(20-17(26)11-7-12-18(20)27)25(16-10-5-6-13-19(16)28-24(25)31)22(29-23(14)30)15-8-3-2-4-9-15/h2-14,21-22H,1H3,(H,28,31)(H,29,30)/t14-,21-,22+,25-/m0/s1. The molecule has 3 aromatic carbocycles. The number of anilines is 1. The monoisotopic (exact) mass is 434 g/mol. The summed E-state index contributed by atoms with van der Waals surface area (Å²) in [5.74, 6) is -2.54. The van der Waals surface area contributed by atoms with Gasteiger partial charge in [-0.1, -0.05) is 73.1 Å². The highest BCUT2D eigenvalue weighted by Crippen LogP contribution is 2.59. The van der Waals surface area contributed by atoms with E-state index in [-0.39, 0.29) is 22.4 Å².